The maximum atomic E-state index is 12.2. The molecule has 1 N–H and O–H groups in total. The molecule has 1 amide bonds. The number of hydrogen-bond acceptors (Lipinski definition) is 2. The number of likely N-dealkylation sites (tertiary alicyclic amines) is 1. The van der Waals surface area contributed by atoms with Gasteiger partial charge < -0.3 is 10.0 Å². The SMILES string of the molecule is O=C(O)c1ccccc1CC(=O)N1CCCCCC1. The van der Waals surface area contributed by atoms with E-state index in [1.807, 2.05) is 4.90 Å². The summed E-state index contributed by atoms with van der Waals surface area (Å²) in [6.45, 7) is 1.60. The van der Waals surface area contributed by atoms with Gasteiger partial charge in [0.05, 0.1) is 12.0 Å². The van der Waals surface area contributed by atoms with E-state index < -0.39 is 5.97 Å². The first-order chi connectivity index (χ1) is 9.18. The highest BCUT2D eigenvalue weighted by molar-refractivity contribution is 5.91. The molecule has 1 heterocycles. The van der Waals surface area contributed by atoms with Crippen molar-refractivity contribution in [2.75, 3.05) is 13.1 Å². The number of carboxylic acids is 1. The average Bonchev–Trinajstić information content (AvgIpc) is 2.68. The minimum absolute atomic E-state index is 0.0376. The summed E-state index contributed by atoms with van der Waals surface area (Å²) >= 11 is 0. The summed E-state index contributed by atoms with van der Waals surface area (Å²) in [4.78, 5) is 25.2. The van der Waals surface area contributed by atoms with Crippen LogP contribution in [0.25, 0.3) is 0 Å². The molecule has 1 saturated heterocycles. The first-order valence-electron chi connectivity index (χ1n) is 6.77. The van der Waals surface area contributed by atoms with Gasteiger partial charge in [-0.3, -0.25) is 4.79 Å². The van der Waals surface area contributed by atoms with Crippen molar-refractivity contribution in [3.05, 3.63) is 35.4 Å². The third-order valence-electron chi connectivity index (χ3n) is 3.55. The fraction of sp³-hybridized carbons (Fsp3) is 0.467. The van der Waals surface area contributed by atoms with Crippen LogP contribution in [0, 0.1) is 0 Å². The number of aromatic carboxylic acids is 1. The Bertz CT molecular complexity index is 462. The smallest absolute Gasteiger partial charge is 0.335 e. The van der Waals surface area contributed by atoms with Crippen molar-refractivity contribution in [1.82, 2.24) is 4.90 Å². The standard InChI is InChI=1S/C15H19NO3/c17-14(16-9-5-1-2-6-10-16)11-12-7-3-4-8-13(12)15(18)19/h3-4,7-8H,1-2,5-6,9-11H2,(H,18,19). The van der Waals surface area contributed by atoms with Crippen molar-refractivity contribution in [1.29, 1.82) is 0 Å². The molecule has 0 aromatic heterocycles. The van der Waals surface area contributed by atoms with Crippen molar-refractivity contribution in [2.24, 2.45) is 0 Å². The van der Waals surface area contributed by atoms with Crippen molar-refractivity contribution in [3.63, 3.8) is 0 Å². The molecule has 0 unspecified atom stereocenters. The predicted molar refractivity (Wildman–Crippen MR) is 72.2 cm³/mol. The van der Waals surface area contributed by atoms with Gasteiger partial charge >= 0.3 is 5.97 Å². The molecule has 0 atom stereocenters. The molecule has 0 spiro atoms. The normalized spacial score (nSPS) is 15.9. The van der Waals surface area contributed by atoms with E-state index in [2.05, 4.69) is 0 Å². The molecule has 0 bridgehead atoms. The molecule has 0 radical (unpaired) electrons. The van der Waals surface area contributed by atoms with E-state index in [4.69, 9.17) is 5.11 Å². The highest BCUT2D eigenvalue weighted by atomic mass is 16.4. The second-order valence-electron chi connectivity index (χ2n) is 4.93. The molecule has 0 saturated carbocycles. The monoisotopic (exact) mass is 261 g/mol. The summed E-state index contributed by atoms with van der Waals surface area (Å²) in [7, 11) is 0. The molecular weight excluding hydrogens is 242 g/mol. The van der Waals surface area contributed by atoms with Gasteiger partial charge in [-0.15, -0.1) is 0 Å². The summed E-state index contributed by atoms with van der Waals surface area (Å²) in [5, 5.41) is 9.11. The maximum Gasteiger partial charge on any atom is 0.335 e. The number of nitrogens with zero attached hydrogens (tertiary/aromatic N) is 1. The van der Waals surface area contributed by atoms with Gasteiger partial charge in [0.1, 0.15) is 0 Å². The lowest BCUT2D eigenvalue weighted by atomic mass is 10.0. The van der Waals surface area contributed by atoms with Crippen LogP contribution in [0.4, 0.5) is 0 Å². The zero-order valence-corrected chi connectivity index (χ0v) is 11.0. The van der Waals surface area contributed by atoms with Gasteiger partial charge in [-0.1, -0.05) is 31.0 Å². The molecule has 1 aliphatic heterocycles. The summed E-state index contributed by atoms with van der Waals surface area (Å²) in [5.74, 6) is -0.935. The Morgan fingerprint density at radius 2 is 1.68 bits per heavy atom. The van der Waals surface area contributed by atoms with Crippen LogP contribution in [-0.4, -0.2) is 35.0 Å². The van der Waals surface area contributed by atoms with E-state index in [1.54, 1.807) is 24.3 Å². The van der Waals surface area contributed by atoms with E-state index in [0.29, 0.717) is 5.56 Å². The molecule has 19 heavy (non-hydrogen) atoms. The van der Waals surface area contributed by atoms with Crippen LogP contribution in [0.2, 0.25) is 0 Å². The number of hydrogen-bond donors (Lipinski definition) is 1. The van der Waals surface area contributed by atoms with Crippen molar-refractivity contribution in [3.8, 4) is 0 Å². The van der Waals surface area contributed by atoms with Crippen LogP contribution in [0.1, 0.15) is 41.6 Å². The minimum atomic E-state index is -0.973. The third kappa shape index (κ3) is 3.56. The topological polar surface area (TPSA) is 57.6 Å². The lowest BCUT2D eigenvalue weighted by molar-refractivity contribution is -0.130. The lowest BCUT2D eigenvalue weighted by Crippen LogP contribution is -2.33. The number of carbonyl (C=O) groups is 2. The van der Waals surface area contributed by atoms with Gasteiger partial charge in [0, 0.05) is 13.1 Å². The Morgan fingerprint density at radius 1 is 1.05 bits per heavy atom. The van der Waals surface area contributed by atoms with Crippen LogP contribution in [-0.2, 0) is 11.2 Å². The van der Waals surface area contributed by atoms with E-state index in [9.17, 15) is 9.59 Å². The summed E-state index contributed by atoms with van der Waals surface area (Å²) in [6.07, 6.45) is 4.63. The number of rotatable bonds is 3. The van der Waals surface area contributed by atoms with Crippen LogP contribution < -0.4 is 0 Å². The quantitative estimate of drug-likeness (QED) is 0.908. The van der Waals surface area contributed by atoms with Crippen LogP contribution >= 0.6 is 0 Å². The fourth-order valence-corrected chi connectivity index (χ4v) is 2.48. The summed E-state index contributed by atoms with van der Waals surface area (Å²) in [5.41, 5.74) is 0.829. The molecule has 2 rings (SSSR count). The second-order valence-corrected chi connectivity index (χ2v) is 4.93. The van der Waals surface area contributed by atoms with Gasteiger partial charge in [-0.05, 0) is 24.5 Å². The Labute approximate surface area is 113 Å². The van der Waals surface area contributed by atoms with Crippen molar-refractivity contribution < 1.29 is 14.7 Å². The highest BCUT2D eigenvalue weighted by Gasteiger charge is 2.18. The first kappa shape index (κ1) is 13.6. The molecule has 4 heteroatoms. The molecule has 1 aromatic carbocycles. The average molecular weight is 261 g/mol. The van der Waals surface area contributed by atoms with Crippen LogP contribution in [0.15, 0.2) is 24.3 Å². The Hall–Kier alpha value is -1.84. The summed E-state index contributed by atoms with van der Waals surface area (Å²) < 4.78 is 0. The third-order valence-corrected chi connectivity index (χ3v) is 3.55. The zero-order valence-electron chi connectivity index (χ0n) is 11.0. The summed E-state index contributed by atoms with van der Waals surface area (Å²) in [6, 6.07) is 6.73. The second kappa shape index (κ2) is 6.36. The molecular formula is C15H19NO3. The molecule has 1 aliphatic rings. The number of carboxylic acid groups (broad SMARTS) is 1. The van der Waals surface area contributed by atoms with Crippen LogP contribution in [0.3, 0.4) is 0 Å². The van der Waals surface area contributed by atoms with Gasteiger partial charge in [0.2, 0.25) is 5.91 Å². The van der Waals surface area contributed by atoms with Gasteiger partial charge in [0.25, 0.3) is 0 Å². The van der Waals surface area contributed by atoms with Crippen LogP contribution in [0.5, 0.6) is 0 Å². The fourth-order valence-electron chi connectivity index (χ4n) is 2.48. The molecule has 102 valence electrons. The van der Waals surface area contributed by atoms with Gasteiger partial charge in [-0.2, -0.15) is 0 Å². The Kier molecular flexibility index (Phi) is 4.55. The van der Waals surface area contributed by atoms with E-state index in [0.717, 1.165) is 25.9 Å². The lowest BCUT2D eigenvalue weighted by Gasteiger charge is -2.20. The van der Waals surface area contributed by atoms with E-state index >= 15 is 0 Å². The molecule has 1 aromatic rings. The Balaban J connectivity index is 2.07. The van der Waals surface area contributed by atoms with Crippen molar-refractivity contribution in [2.45, 2.75) is 32.1 Å². The largest absolute Gasteiger partial charge is 0.478 e. The molecule has 0 aliphatic carbocycles. The zero-order chi connectivity index (χ0) is 13.7. The highest BCUT2D eigenvalue weighted by Crippen LogP contribution is 2.14. The van der Waals surface area contributed by atoms with Gasteiger partial charge in [0.15, 0.2) is 0 Å². The van der Waals surface area contributed by atoms with E-state index in [1.165, 1.54) is 12.8 Å². The molecule has 4 nitrogen and oxygen atoms in total. The number of amides is 1. The number of carbonyl (C=O) groups excluding carboxylic acids is 1. The molecule has 1 fully saturated rings. The van der Waals surface area contributed by atoms with Gasteiger partial charge in [-0.25, -0.2) is 4.79 Å². The maximum absolute atomic E-state index is 12.2. The first-order valence-corrected chi connectivity index (χ1v) is 6.77. The minimum Gasteiger partial charge on any atom is -0.478 e. The van der Waals surface area contributed by atoms with E-state index in [-0.39, 0.29) is 17.9 Å². The predicted octanol–water partition coefficient (Wildman–Crippen LogP) is 2.33. The Morgan fingerprint density at radius 3 is 2.32 bits per heavy atom. The van der Waals surface area contributed by atoms with Crippen molar-refractivity contribution >= 4 is 11.9 Å². The number of benzene rings is 1.